The average molecular weight is 326 g/mol. The average Bonchev–Trinajstić information content (AvgIpc) is 3.10. The number of hydrogen-bond acceptors (Lipinski definition) is 2. The highest BCUT2D eigenvalue weighted by Crippen LogP contribution is 2.43. The van der Waals surface area contributed by atoms with E-state index >= 15 is 0 Å². The van der Waals surface area contributed by atoms with E-state index in [0.717, 1.165) is 29.7 Å². The molecule has 1 saturated carbocycles. The smallest absolute Gasteiger partial charge is 0.148 e. The molecular weight excluding hydrogens is 309 g/mol. The summed E-state index contributed by atoms with van der Waals surface area (Å²) < 4.78 is 20.0. The summed E-state index contributed by atoms with van der Waals surface area (Å²) in [6, 6.07) is 5.20. The Bertz CT molecular complexity index is 591. The Morgan fingerprint density at radius 3 is 2.89 bits per heavy atom. The van der Waals surface area contributed by atoms with Gasteiger partial charge in [0.05, 0.1) is 10.5 Å². The molecule has 102 valence electrons. The molecule has 1 fully saturated rings. The van der Waals surface area contributed by atoms with Gasteiger partial charge in [0.25, 0.3) is 0 Å². The number of benzene rings is 1. The van der Waals surface area contributed by atoms with Crippen LogP contribution in [-0.2, 0) is 0 Å². The number of fused-ring (bicyclic) bond motifs is 1. The van der Waals surface area contributed by atoms with Crippen LogP contribution >= 0.6 is 15.9 Å². The zero-order valence-electron chi connectivity index (χ0n) is 10.9. The molecule has 0 amide bonds. The fourth-order valence-electron chi connectivity index (χ4n) is 2.48. The lowest BCUT2D eigenvalue weighted by atomic mass is 10.1. The Morgan fingerprint density at radius 1 is 1.42 bits per heavy atom. The lowest BCUT2D eigenvalue weighted by molar-refractivity contribution is 0.396. The first-order chi connectivity index (χ1) is 9.19. The molecule has 3 rings (SSSR count). The molecule has 19 heavy (non-hydrogen) atoms. The first kappa shape index (κ1) is 13.1. The quantitative estimate of drug-likeness (QED) is 0.855. The van der Waals surface area contributed by atoms with Gasteiger partial charge >= 0.3 is 0 Å². The molecule has 1 N–H and O–H groups in total. The molecule has 1 unspecified atom stereocenters. The summed E-state index contributed by atoms with van der Waals surface area (Å²) in [4.78, 5) is 0. The first-order valence-electron chi connectivity index (χ1n) is 6.81. The third-order valence-corrected chi connectivity index (χ3v) is 4.16. The molecule has 1 heterocycles. The SMILES string of the molecule is CCCNC(c1cc2cc(F)cc(Br)c2o1)C1CC1. The predicted octanol–water partition coefficient (Wildman–Crippen LogP) is 4.79. The van der Waals surface area contributed by atoms with E-state index < -0.39 is 0 Å². The molecule has 1 aromatic heterocycles. The predicted molar refractivity (Wildman–Crippen MR) is 77.6 cm³/mol. The highest BCUT2D eigenvalue weighted by Gasteiger charge is 2.34. The Labute approximate surface area is 120 Å². The highest BCUT2D eigenvalue weighted by molar-refractivity contribution is 9.10. The minimum absolute atomic E-state index is 0.240. The second kappa shape index (κ2) is 5.25. The van der Waals surface area contributed by atoms with Gasteiger partial charge in [0.1, 0.15) is 17.2 Å². The van der Waals surface area contributed by atoms with Gasteiger partial charge in [-0.05, 0) is 65.9 Å². The van der Waals surface area contributed by atoms with E-state index in [-0.39, 0.29) is 11.9 Å². The van der Waals surface area contributed by atoms with E-state index in [1.807, 2.05) is 6.07 Å². The van der Waals surface area contributed by atoms with E-state index in [0.29, 0.717) is 10.4 Å². The lowest BCUT2D eigenvalue weighted by Gasteiger charge is -2.14. The van der Waals surface area contributed by atoms with E-state index in [2.05, 4.69) is 28.2 Å². The van der Waals surface area contributed by atoms with Crippen molar-refractivity contribution >= 4 is 26.9 Å². The second-order valence-electron chi connectivity index (χ2n) is 5.22. The Morgan fingerprint density at radius 2 is 2.21 bits per heavy atom. The van der Waals surface area contributed by atoms with Crippen molar-refractivity contribution in [2.45, 2.75) is 32.2 Å². The Kier molecular flexibility index (Phi) is 3.63. The molecule has 0 aliphatic heterocycles. The largest absolute Gasteiger partial charge is 0.458 e. The van der Waals surface area contributed by atoms with Crippen LogP contribution in [0, 0.1) is 11.7 Å². The van der Waals surface area contributed by atoms with Crippen LogP contribution in [0.25, 0.3) is 11.0 Å². The maximum absolute atomic E-state index is 13.4. The summed E-state index contributed by atoms with van der Waals surface area (Å²) in [5.74, 6) is 1.35. The second-order valence-corrected chi connectivity index (χ2v) is 6.08. The zero-order valence-corrected chi connectivity index (χ0v) is 12.5. The molecule has 2 nitrogen and oxygen atoms in total. The molecule has 1 aliphatic carbocycles. The highest BCUT2D eigenvalue weighted by atomic mass is 79.9. The van der Waals surface area contributed by atoms with Crippen molar-refractivity contribution in [1.29, 1.82) is 0 Å². The molecule has 1 atom stereocenters. The van der Waals surface area contributed by atoms with Gasteiger partial charge in [0.15, 0.2) is 0 Å². The Balaban J connectivity index is 1.96. The Hall–Kier alpha value is -0.870. The number of hydrogen-bond donors (Lipinski definition) is 1. The zero-order chi connectivity index (χ0) is 13.4. The molecule has 0 radical (unpaired) electrons. The fraction of sp³-hybridized carbons (Fsp3) is 0.467. The van der Waals surface area contributed by atoms with Crippen molar-refractivity contribution in [3.8, 4) is 0 Å². The van der Waals surface area contributed by atoms with Gasteiger partial charge in [-0.3, -0.25) is 0 Å². The third-order valence-electron chi connectivity index (χ3n) is 3.57. The van der Waals surface area contributed by atoms with Gasteiger partial charge in [-0.15, -0.1) is 0 Å². The monoisotopic (exact) mass is 325 g/mol. The van der Waals surface area contributed by atoms with Crippen LogP contribution in [-0.4, -0.2) is 6.54 Å². The van der Waals surface area contributed by atoms with Crippen LogP contribution in [0.4, 0.5) is 4.39 Å². The van der Waals surface area contributed by atoms with Crippen LogP contribution in [0.2, 0.25) is 0 Å². The molecule has 0 bridgehead atoms. The van der Waals surface area contributed by atoms with Crippen LogP contribution in [0.1, 0.15) is 38.0 Å². The van der Waals surface area contributed by atoms with Gasteiger partial charge in [-0.25, -0.2) is 4.39 Å². The standard InChI is InChI=1S/C15H17BrFNO/c1-2-5-18-14(9-3-4-9)13-7-10-6-11(17)8-12(16)15(10)19-13/h6-9,14,18H,2-5H2,1H3. The molecular formula is C15H17BrFNO. The van der Waals surface area contributed by atoms with Crippen molar-refractivity contribution in [1.82, 2.24) is 5.32 Å². The van der Waals surface area contributed by atoms with Crippen LogP contribution in [0.15, 0.2) is 27.1 Å². The van der Waals surface area contributed by atoms with E-state index in [4.69, 9.17) is 4.42 Å². The van der Waals surface area contributed by atoms with Gasteiger partial charge in [-0.1, -0.05) is 6.92 Å². The van der Waals surface area contributed by atoms with E-state index in [1.54, 1.807) is 0 Å². The maximum Gasteiger partial charge on any atom is 0.148 e. The van der Waals surface area contributed by atoms with Crippen molar-refractivity contribution < 1.29 is 8.81 Å². The van der Waals surface area contributed by atoms with Crippen LogP contribution < -0.4 is 5.32 Å². The lowest BCUT2D eigenvalue weighted by Crippen LogP contribution is -2.23. The van der Waals surface area contributed by atoms with Gasteiger partial charge in [0.2, 0.25) is 0 Å². The maximum atomic E-state index is 13.4. The van der Waals surface area contributed by atoms with Crippen molar-refractivity contribution in [2.75, 3.05) is 6.54 Å². The van der Waals surface area contributed by atoms with Gasteiger partial charge < -0.3 is 9.73 Å². The van der Waals surface area contributed by atoms with Gasteiger partial charge in [0, 0.05) is 5.39 Å². The summed E-state index contributed by atoms with van der Waals surface area (Å²) in [5.41, 5.74) is 0.736. The number of nitrogens with one attached hydrogen (secondary N) is 1. The number of rotatable bonds is 5. The minimum Gasteiger partial charge on any atom is -0.458 e. The first-order valence-corrected chi connectivity index (χ1v) is 7.60. The molecule has 4 heteroatoms. The number of furan rings is 1. The molecule has 1 aliphatic rings. The van der Waals surface area contributed by atoms with Crippen molar-refractivity contribution in [2.24, 2.45) is 5.92 Å². The van der Waals surface area contributed by atoms with E-state index in [1.165, 1.54) is 25.0 Å². The summed E-state index contributed by atoms with van der Waals surface area (Å²) in [6.45, 7) is 3.13. The van der Waals surface area contributed by atoms with Crippen molar-refractivity contribution in [3.63, 3.8) is 0 Å². The summed E-state index contributed by atoms with van der Waals surface area (Å²) in [7, 11) is 0. The molecule has 2 aromatic rings. The minimum atomic E-state index is -0.240. The van der Waals surface area contributed by atoms with Gasteiger partial charge in [-0.2, -0.15) is 0 Å². The summed E-state index contributed by atoms with van der Waals surface area (Å²) >= 11 is 3.36. The summed E-state index contributed by atoms with van der Waals surface area (Å²) in [6.07, 6.45) is 3.59. The molecule has 0 saturated heterocycles. The normalized spacial score (nSPS) is 17.0. The molecule has 1 aromatic carbocycles. The number of halogens is 2. The fourth-order valence-corrected chi connectivity index (χ4v) is 3.01. The van der Waals surface area contributed by atoms with Crippen LogP contribution in [0.5, 0.6) is 0 Å². The topological polar surface area (TPSA) is 25.2 Å². The molecule has 0 spiro atoms. The van der Waals surface area contributed by atoms with Crippen LogP contribution in [0.3, 0.4) is 0 Å². The van der Waals surface area contributed by atoms with Crippen molar-refractivity contribution in [3.05, 3.63) is 34.2 Å². The third kappa shape index (κ3) is 2.70. The summed E-state index contributed by atoms with van der Waals surface area (Å²) in [5, 5.41) is 4.36. The van der Waals surface area contributed by atoms with E-state index in [9.17, 15) is 4.39 Å².